The minimum absolute atomic E-state index is 0.0420. The van der Waals surface area contributed by atoms with Crippen molar-refractivity contribution in [2.45, 2.75) is 40.0 Å². The number of carboxylic acid groups (broad SMARTS) is 1. The van der Waals surface area contributed by atoms with Crippen molar-refractivity contribution in [2.24, 2.45) is 5.41 Å². The molecule has 4 nitrogen and oxygen atoms in total. The SMILES string of the molecule is CC(C)(CNC(=O)c1ccc(C(C)(C)C)cc1)C(=O)O. The Balaban J connectivity index is 2.72. The van der Waals surface area contributed by atoms with E-state index >= 15 is 0 Å². The molecule has 20 heavy (non-hydrogen) atoms. The van der Waals surface area contributed by atoms with Crippen molar-refractivity contribution >= 4 is 11.9 Å². The van der Waals surface area contributed by atoms with Gasteiger partial charge in [0.1, 0.15) is 0 Å². The molecule has 0 radical (unpaired) electrons. The molecule has 0 heterocycles. The van der Waals surface area contributed by atoms with Crippen LogP contribution >= 0.6 is 0 Å². The van der Waals surface area contributed by atoms with Gasteiger partial charge in [0, 0.05) is 12.1 Å². The van der Waals surface area contributed by atoms with Gasteiger partial charge in [0.15, 0.2) is 0 Å². The summed E-state index contributed by atoms with van der Waals surface area (Å²) in [7, 11) is 0. The number of nitrogens with one attached hydrogen (secondary N) is 1. The summed E-state index contributed by atoms with van der Waals surface area (Å²) in [6, 6.07) is 7.39. The monoisotopic (exact) mass is 277 g/mol. The van der Waals surface area contributed by atoms with E-state index in [1.54, 1.807) is 26.0 Å². The van der Waals surface area contributed by atoms with E-state index in [-0.39, 0.29) is 17.9 Å². The summed E-state index contributed by atoms with van der Waals surface area (Å²) in [4.78, 5) is 22.9. The van der Waals surface area contributed by atoms with E-state index in [0.717, 1.165) is 5.56 Å². The van der Waals surface area contributed by atoms with Gasteiger partial charge >= 0.3 is 5.97 Å². The first-order chi connectivity index (χ1) is 9.04. The number of hydrogen-bond acceptors (Lipinski definition) is 2. The number of aliphatic carboxylic acids is 1. The minimum Gasteiger partial charge on any atom is -0.481 e. The Morgan fingerprint density at radius 2 is 1.55 bits per heavy atom. The van der Waals surface area contributed by atoms with Crippen LogP contribution in [0.15, 0.2) is 24.3 Å². The molecular formula is C16H23NO3. The first kappa shape index (κ1) is 16.2. The van der Waals surface area contributed by atoms with Gasteiger partial charge in [-0.3, -0.25) is 9.59 Å². The van der Waals surface area contributed by atoms with Gasteiger partial charge in [-0.05, 0) is 37.0 Å². The summed E-state index contributed by atoms with van der Waals surface area (Å²) in [6.45, 7) is 9.59. The Hall–Kier alpha value is -1.84. The van der Waals surface area contributed by atoms with Crippen LogP contribution in [0.25, 0.3) is 0 Å². The second kappa shape index (κ2) is 5.65. The molecule has 4 heteroatoms. The quantitative estimate of drug-likeness (QED) is 0.889. The largest absolute Gasteiger partial charge is 0.481 e. The molecule has 0 aliphatic heterocycles. The Labute approximate surface area is 120 Å². The maximum absolute atomic E-state index is 12.0. The first-order valence-electron chi connectivity index (χ1n) is 6.66. The fourth-order valence-electron chi connectivity index (χ4n) is 1.60. The van der Waals surface area contributed by atoms with Crippen molar-refractivity contribution < 1.29 is 14.7 Å². The average Bonchev–Trinajstić information content (AvgIpc) is 2.35. The van der Waals surface area contributed by atoms with Gasteiger partial charge in [0.25, 0.3) is 5.91 Å². The van der Waals surface area contributed by atoms with E-state index in [4.69, 9.17) is 5.11 Å². The van der Waals surface area contributed by atoms with Crippen molar-refractivity contribution in [3.8, 4) is 0 Å². The maximum Gasteiger partial charge on any atom is 0.310 e. The molecule has 1 rings (SSSR count). The van der Waals surface area contributed by atoms with Crippen LogP contribution < -0.4 is 5.32 Å². The zero-order valence-electron chi connectivity index (χ0n) is 12.8. The molecule has 0 unspecified atom stereocenters. The highest BCUT2D eigenvalue weighted by Crippen LogP contribution is 2.22. The molecule has 1 aromatic rings. The lowest BCUT2D eigenvalue weighted by molar-refractivity contribution is -0.146. The third kappa shape index (κ3) is 4.08. The highest BCUT2D eigenvalue weighted by molar-refractivity contribution is 5.94. The van der Waals surface area contributed by atoms with Gasteiger partial charge < -0.3 is 10.4 Å². The predicted molar refractivity (Wildman–Crippen MR) is 78.9 cm³/mol. The average molecular weight is 277 g/mol. The zero-order valence-corrected chi connectivity index (χ0v) is 12.8. The number of benzene rings is 1. The van der Waals surface area contributed by atoms with Crippen LogP contribution in [0.4, 0.5) is 0 Å². The van der Waals surface area contributed by atoms with Crippen molar-refractivity contribution in [3.05, 3.63) is 35.4 Å². The van der Waals surface area contributed by atoms with Crippen molar-refractivity contribution in [1.82, 2.24) is 5.32 Å². The van der Waals surface area contributed by atoms with Crippen LogP contribution in [-0.2, 0) is 10.2 Å². The lowest BCUT2D eigenvalue weighted by atomic mass is 9.86. The van der Waals surface area contributed by atoms with Gasteiger partial charge in [-0.25, -0.2) is 0 Å². The predicted octanol–water partition coefficient (Wildman–Crippen LogP) is 2.82. The number of rotatable bonds is 4. The molecule has 0 spiro atoms. The lowest BCUT2D eigenvalue weighted by Gasteiger charge is -2.20. The van der Waals surface area contributed by atoms with E-state index < -0.39 is 11.4 Å². The van der Waals surface area contributed by atoms with Crippen molar-refractivity contribution in [1.29, 1.82) is 0 Å². The first-order valence-corrected chi connectivity index (χ1v) is 6.66. The van der Waals surface area contributed by atoms with Crippen LogP contribution in [-0.4, -0.2) is 23.5 Å². The van der Waals surface area contributed by atoms with Crippen LogP contribution in [0, 0.1) is 5.41 Å². The highest BCUT2D eigenvalue weighted by atomic mass is 16.4. The molecule has 1 aromatic carbocycles. The standard InChI is InChI=1S/C16H23NO3/c1-15(2,3)12-8-6-11(7-9-12)13(18)17-10-16(4,5)14(19)20/h6-9H,10H2,1-5H3,(H,17,18)(H,19,20). The molecular weight excluding hydrogens is 254 g/mol. The molecule has 0 aromatic heterocycles. The van der Waals surface area contributed by atoms with Gasteiger partial charge in [-0.1, -0.05) is 32.9 Å². The second-order valence-corrected chi connectivity index (χ2v) is 6.70. The van der Waals surface area contributed by atoms with E-state index in [2.05, 4.69) is 26.1 Å². The maximum atomic E-state index is 12.0. The summed E-state index contributed by atoms with van der Waals surface area (Å²) in [5, 5.41) is 11.7. The minimum atomic E-state index is -0.971. The van der Waals surface area contributed by atoms with Gasteiger partial charge in [0.2, 0.25) is 0 Å². The Bertz CT molecular complexity index is 495. The molecule has 0 fully saturated rings. The molecule has 0 saturated heterocycles. The number of carbonyl (C=O) groups is 2. The topological polar surface area (TPSA) is 66.4 Å². The molecule has 110 valence electrons. The summed E-state index contributed by atoms with van der Waals surface area (Å²) < 4.78 is 0. The summed E-state index contributed by atoms with van der Waals surface area (Å²) >= 11 is 0. The van der Waals surface area contributed by atoms with Gasteiger partial charge in [-0.15, -0.1) is 0 Å². The fraction of sp³-hybridized carbons (Fsp3) is 0.500. The molecule has 2 N–H and O–H groups in total. The van der Waals surface area contributed by atoms with E-state index in [1.807, 2.05) is 12.1 Å². The molecule has 0 atom stereocenters. The lowest BCUT2D eigenvalue weighted by Crippen LogP contribution is -2.38. The van der Waals surface area contributed by atoms with Crippen LogP contribution in [0.2, 0.25) is 0 Å². The van der Waals surface area contributed by atoms with Crippen LogP contribution in [0.3, 0.4) is 0 Å². The number of hydrogen-bond donors (Lipinski definition) is 2. The summed E-state index contributed by atoms with van der Waals surface area (Å²) in [6.07, 6.45) is 0. The normalized spacial score (nSPS) is 12.1. The third-order valence-corrected chi connectivity index (χ3v) is 3.28. The fourth-order valence-corrected chi connectivity index (χ4v) is 1.60. The van der Waals surface area contributed by atoms with Crippen LogP contribution in [0.5, 0.6) is 0 Å². The summed E-state index contributed by atoms with van der Waals surface area (Å²) in [5.41, 5.74) is 0.764. The van der Waals surface area contributed by atoms with Gasteiger partial charge in [-0.2, -0.15) is 0 Å². The molecule has 0 bridgehead atoms. The van der Waals surface area contributed by atoms with E-state index in [1.165, 1.54) is 0 Å². The molecule has 0 aliphatic carbocycles. The van der Waals surface area contributed by atoms with E-state index in [0.29, 0.717) is 5.56 Å². The Morgan fingerprint density at radius 3 is 1.95 bits per heavy atom. The number of carboxylic acids is 1. The van der Waals surface area contributed by atoms with E-state index in [9.17, 15) is 9.59 Å². The summed E-state index contributed by atoms with van der Waals surface area (Å²) in [5.74, 6) is -1.18. The van der Waals surface area contributed by atoms with Gasteiger partial charge in [0.05, 0.1) is 5.41 Å². The highest BCUT2D eigenvalue weighted by Gasteiger charge is 2.27. The van der Waals surface area contributed by atoms with Crippen LogP contribution in [0.1, 0.15) is 50.5 Å². The third-order valence-electron chi connectivity index (χ3n) is 3.28. The molecule has 0 aliphatic rings. The number of carbonyl (C=O) groups excluding carboxylic acids is 1. The Kier molecular flexibility index (Phi) is 4.58. The molecule has 0 saturated carbocycles. The second-order valence-electron chi connectivity index (χ2n) is 6.70. The molecule has 1 amide bonds. The Morgan fingerprint density at radius 1 is 1.05 bits per heavy atom. The zero-order chi connectivity index (χ0) is 15.6. The smallest absolute Gasteiger partial charge is 0.310 e. The van der Waals surface area contributed by atoms with Crippen molar-refractivity contribution in [2.75, 3.05) is 6.54 Å². The number of amides is 1. The van der Waals surface area contributed by atoms with Crippen molar-refractivity contribution in [3.63, 3.8) is 0 Å².